The van der Waals surface area contributed by atoms with Gasteiger partial charge in [-0.05, 0) is 30.3 Å². The average Bonchev–Trinajstić information content (AvgIpc) is 3.19. The number of halogens is 1. The molecule has 4 aromatic rings. The zero-order valence-corrected chi connectivity index (χ0v) is 14.7. The molecule has 130 valence electrons. The molecule has 0 N–H and O–H groups in total. The Morgan fingerprint density at radius 1 is 1.00 bits per heavy atom. The first-order valence-electron chi connectivity index (χ1n) is 8.02. The lowest BCUT2D eigenvalue weighted by Gasteiger charge is -2.09. The number of aromatic nitrogens is 4. The van der Waals surface area contributed by atoms with Crippen molar-refractivity contribution in [2.75, 3.05) is 0 Å². The third kappa shape index (κ3) is 3.78. The SMILES string of the molecule is N#Cc1cc(Oc2cncc(Cl)c2)cc(-n2ccc(-c3ccccn3)n2)c1. The van der Waals surface area contributed by atoms with E-state index in [-0.39, 0.29) is 0 Å². The van der Waals surface area contributed by atoms with Crippen LogP contribution in [0.5, 0.6) is 11.5 Å². The lowest BCUT2D eigenvalue weighted by Crippen LogP contribution is -1.97. The maximum Gasteiger partial charge on any atom is 0.147 e. The summed E-state index contributed by atoms with van der Waals surface area (Å²) in [6.07, 6.45) is 6.60. The standard InChI is InChI=1S/C20H12ClN5O/c21-15-9-18(13-23-12-15)27-17-8-14(11-22)7-16(10-17)26-6-4-20(25-26)19-3-1-2-5-24-19/h1-10,12-13H. The number of rotatable bonds is 4. The van der Waals surface area contributed by atoms with E-state index in [9.17, 15) is 5.26 Å². The van der Waals surface area contributed by atoms with Crippen LogP contribution in [0.3, 0.4) is 0 Å². The Kier molecular flexibility index (Phi) is 4.52. The van der Waals surface area contributed by atoms with Crippen LogP contribution in [0.15, 0.2) is 73.3 Å². The molecule has 1 aromatic carbocycles. The highest BCUT2D eigenvalue weighted by Crippen LogP contribution is 2.27. The molecule has 0 bridgehead atoms. The number of benzene rings is 1. The second kappa shape index (κ2) is 7.28. The normalized spacial score (nSPS) is 10.4. The number of pyridine rings is 2. The largest absolute Gasteiger partial charge is 0.456 e. The van der Waals surface area contributed by atoms with Gasteiger partial charge in [0.25, 0.3) is 0 Å². The summed E-state index contributed by atoms with van der Waals surface area (Å²) in [6.45, 7) is 0. The summed E-state index contributed by atoms with van der Waals surface area (Å²) in [4.78, 5) is 8.29. The Hall–Kier alpha value is -3.69. The van der Waals surface area contributed by atoms with E-state index in [4.69, 9.17) is 16.3 Å². The van der Waals surface area contributed by atoms with Crippen LogP contribution in [-0.4, -0.2) is 19.7 Å². The molecule has 3 aromatic heterocycles. The first kappa shape index (κ1) is 16.8. The van der Waals surface area contributed by atoms with Crippen LogP contribution in [0.2, 0.25) is 5.02 Å². The summed E-state index contributed by atoms with van der Waals surface area (Å²) in [7, 11) is 0. The molecular formula is C20H12ClN5O. The molecule has 27 heavy (non-hydrogen) atoms. The Bertz CT molecular complexity index is 1130. The van der Waals surface area contributed by atoms with Gasteiger partial charge in [-0.3, -0.25) is 9.97 Å². The van der Waals surface area contributed by atoms with E-state index in [1.54, 1.807) is 41.3 Å². The fourth-order valence-corrected chi connectivity index (χ4v) is 2.71. The molecule has 0 radical (unpaired) electrons. The maximum absolute atomic E-state index is 9.35. The van der Waals surface area contributed by atoms with Gasteiger partial charge in [-0.1, -0.05) is 17.7 Å². The van der Waals surface area contributed by atoms with Gasteiger partial charge in [-0.2, -0.15) is 10.4 Å². The van der Waals surface area contributed by atoms with E-state index in [2.05, 4.69) is 21.1 Å². The zero-order valence-electron chi connectivity index (χ0n) is 14.0. The Morgan fingerprint density at radius 3 is 2.70 bits per heavy atom. The van der Waals surface area contributed by atoms with E-state index in [0.29, 0.717) is 27.8 Å². The predicted octanol–water partition coefficient (Wildman–Crippen LogP) is 4.65. The molecule has 0 aliphatic heterocycles. The van der Waals surface area contributed by atoms with Gasteiger partial charge in [-0.15, -0.1) is 0 Å². The van der Waals surface area contributed by atoms with Gasteiger partial charge in [0.15, 0.2) is 0 Å². The van der Waals surface area contributed by atoms with E-state index in [1.807, 2.05) is 30.5 Å². The minimum atomic E-state index is 0.451. The summed E-state index contributed by atoms with van der Waals surface area (Å²) in [6, 6.07) is 16.5. The monoisotopic (exact) mass is 373 g/mol. The van der Waals surface area contributed by atoms with E-state index in [0.717, 1.165) is 11.4 Å². The molecule has 0 aliphatic carbocycles. The third-order valence-electron chi connectivity index (χ3n) is 3.72. The maximum atomic E-state index is 9.35. The number of nitriles is 1. The number of hydrogen-bond acceptors (Lipinski definition) is 5. The van der Waals surface area contributed by atoms with Crippen LogP contribution >= 0.6 is 11.6 Å². The Labute approximate surface area is 160 Å². The van der Waals surface area contributed by atoms with Crippen molar-refractivity contribution in [3.8, 4) is 34.6 Å². The van der Waals surface area contributed by atoms with Crippen molar-refractivity contribution in [1.29, 1.82) is 5.26 Å². The number of ether oxygens (including phenoxy) is 1. The minimum absolute atomic E-state index is 0.451. The number of nitrogens with zero attached hydrogens (tertiary/aromatic N) is 5. The van der Waals surface area contributed by atoms with Crippen molar-refractivity contribution in [1.82, 2.24) is 19.7 Å². The second-order valence-electron chi connectivity index (χ2n) is 5.63. The van der Waals surface area contributed by atoms with Crippen molar-refractivity contribution in [2.45, 2.75) is 0 Å². The van der Waals surface area contributed by atoms with Crippen molar-refractivity contribution in [3.05, 3.63) is 83.9 Å². The summed E-state index contributed by atoms with van der Waals surface area (Å²) in [5.41, 5.74) is 2.65. The molecule has 0 spiro atoms. The van der Waals surface area contributed by atoms with Crippen LogP contribution in [-0.2, 0) is 0 Å². The van der Waals surface area contributed by atoms with Gasteiger partial charge < -0.3 is 4.74 Å². The Morgan fingerprint density at radius 2 is 1.93 bits per heavy atom. The van der Waals surface area contributed by atoms with E-state index >= 15 is 0 Å². The van der Waals surface area contributed by atoms with Crippen LogP contribution in [0.4, 0.5) is 0 Å². The fourth-order valence-electron chi connectivity index (χ4n) is 2.54. The highest BCUT2D eigenvalue weighted by molar-refractivity contribution is 6.30. The van der Waals surface area contributed by atoms with E-state index < -0.39 is 0 Å². The first-order valence-corrected chi connectivity index (χ1v) is 8.40. The summed E-state index contributed by atoms with van der Waals surface area (Å²) < 4.78 is 7.48. The zero-order chi connectivity index (χ0) is 18.6. The second-order valence-corrected chi connectivity index (χ2v) is 6.07. The van der Waals surface area contributed by atoms with Crippen molar-refractivity contribution in [3.63, 3.8) is 0 Å². The van der Waals surface area contributed by atoms with Crippen LogP contribution in [0, 0.1) is 11.3 Å². The van der Waals surface area contributed by atoms with Crippen LogP contribution < -0.4 is 4.74 Å². The van der Waals surface area contributed by atoms with Gasteiger partial charge in [0.2, 0.25) is 0 Å². The summed E-state index contributed by atoms with van der Waals surface area (Å²) in [5.74, 6) is 0.973. The van der Waals surface area contributed by atoms with Crippen molar-refractivity contribution in [2.24, 2.45) is 0 Å². The highest BCUT2D eigenvalue weighted by atomic mass is 35.5. The topological polar surface area (TPSA) is 76.6 Å². The van der Waals surface area contributed by atoms with Gasteiger partial charge in [0, 0.05) is 30.7 Å². The quantitative estimate of drug-likeness (QED) is 0.520. The van der Waals surface area contributed by atoms with Gasteiger partial charge in [0.1, 0.15) is 17.2 Å². The molecule has 0 unspecified atom stereocenters. The molecule has 6 nitrogen and oxygen atoms in total. The highest BCUT2D eigenvalue weighted by Gasteiger charge is 2.09. The molecule has 0 aliphatic rings. The van der Waals surface area contributed by atoms with Crippen LogP contribution in [0.25, 0.3) is 17.1 Å². The molecule has 7 heteroatoms. The predicted molar refractivity (Wildman–Crippen MR) is 101 cm³/mol. The molecule has 4 rings (SSSR count). The molecule has 0 saturated heterocycles. The third-order valence-corrected chi connectivity index (χ3v) is 3.92. The van der Waals surface area contributed by atoms with Gasteiger partial charge >= 0.3 is 0 Å². The fraction of sp³-hybridized carbons (Fsp3) is 0. The lowest BCUT2D eigenvalue weighted by atomic mass is 10.2. The molecule has 0 saturated carbocycles. The first-order chi connectivity index (χ1) is 13.2. The van der Waals surface area contributed by atoms with Gasteiger partial charge in [-0.25, -0.2) is 4.68 Å². The van der Waals surface area contributed by atoms with Crippen LogP contribution in [0.1, 0.15) is 5.56 Å². The summed E-state index contributed by atoms with van der Waals surface area (Å²) >= 11 is 5.94. The van der Waals surface area contributed by atoms with Crippen molar-refractivity contribution < 1.29 is 4.74 Å². The number of hydrogen-bond donors (Lipinski definition) is 0. The average molecular weight is 374 g/mol. The van der Waals surface area contributed by atoms with Gasteiger partial charge in [0.05, 0.1) is 34.2 Å². The molecule has 0 amide bonds. The lowest BCUT2D eigenvalue weighted by molar-refractivity contribution is 0.479. The van der Waals surface area contributed by atoms with Crippen molar-refractivity contribution >= 4 is 11.6 Å². The molecule has 0 atom stereocenters. The molecular weight excluding hydrogens is 362 g/mol. The smallest absolute Gasteiger partial charge is 0.147 e. The minimum Gasteiger partial charge on any atom is -0.456 e. The summed E-state index contributed by atoms with van der Waals surface area (Å²) in [5, 5.41) is 14.4. The Balaban J connectivity index is 1.69. The molecule has 3 heterocycles. The molecule has 0 fully saturated rings. The van der Waals surface area contributed by atoms with E-state index in [1.165, 1.54) is 6.20 Å².